The van der Waals surface area contributed by atoms with Crippen molar-refractivity contribution in [3.63, 3.8) is 0 Å². The second-order valence-corrected chi connectivity index (χ2v) is 13.1. The van der Waals surface area contributed by atoms with E-state index in [1.54, 1.807) is 0 Å². The van der Waals surface area contributed by atoms with E-state index in [0.717, 1.165) is 10.5 Å². The van der Waals surface area contributed by atoms with Gasteiger partial charge in [-0.25, -0.2) is 4.79 Å². The van der Waals surface area contributed by atoms with Crippen molar-refractivity contribution in [1.82, 2.24) is 15.1 Å². The molecule has 0 aliphatic carbocycles. The molecule has 232 valence electrons. The largest absolute Gasteiger partial charge is 0.480 e. The Hall–Kier alpha value is -4.30. The van der Waals surface area contributed by atoms with Gasteiger partial charge in [0.05, 0.1) is 16.8 Å². The number of rotatable bonds is 13. The van der Waals surface area contributed by atoms with Gasteiger partial charge in [-0.3, -0.25) is 34.2 Å². The van der Waals surface area contributed by atoms with Crippen LogP contribution in [0.15, 0.2) is 60.8 Å². The van der Waals surface area contributed by atoms with E-state index in [-0.39, 0.29) is 54.0 Å². The van der Waals surface area contributed by atoms with Crippen LogP contribution >= 0.6 is 21.6 Å². The quantitative estimate of drug-likeness (QED) is 0.166. The van der Waals surface area contributed by atoms with Crippen molar-refractivity contribution in [2.24, 2.45) is 0 Å². The van der Waals surface area contributed by atoms with E-state index in [1.807, 2.05) is 37.3 Å². The number of hydrogen-bond donors (Lipinski definition) is 3. The summed E-state index contributed by atoms with van der Waals surface area (Å²) in [7, 11) is 2.81. The summed E-state index contributed by atoms with van der Waals surface area (Å²) in [6.07, 6.45) is 0.0175. The Bertz CT molecular complexity index is 1470. The topological polar surface area (TPSA) is 162 Å². The van der Waals surface area contributed by atoms with Crippen molar-refractivity contribution >= 4 is 63.0 Å². The van der Waals surface area contributed by atoms with E-state index >= 15 is 0 Å². The van der Waals surface area contributed by atoms with Gasteiger partial charge in [-0.15, -0.1) is 0 Å². The number of carboxylic acids is 1. The van der Waals surface area contributed by atoms with E-state index in [2.05, 4.69) is 17.2 Å². The average molecular weight is 641 g/mol. The lowest BCUT2D eigenvalue weighted by Crippen LogP contribution is -2.51. The lowest BCUT2D eigenvalue weighted by molar-refractivity contribution is -0.144. The Morgan fingerprint density at radius 3 is 2.59 bits per heavy atom. The highest BCUT2D eigenvalue weighted by atomic mass is 33.1. The van der Waals surface area contributed by atoms with E-state index in [9.17, 15) is 33.9 Å². The molecule has 1 saturated heterocycles. The molecule has 14 heteroatoms. The number of piperidine rings is 1. The zero-order valence-electron chi connectivity index (χ0n) is 23.9. The third-order valence-electron chi connectivity index (χ3n) is 6.81. The third kappa shape index (κ3) is 8.20. The van der Waals surface area contributed by atoms with E-state index in [1.165, 1.54) is 44.7 Å². The van der Waals surface area contributed by atoms with E-state index in [0.29, 0.717) is 17.9 Å². The van der Waals surface area contributed by atoms with Crippen LogP contribution in [0.5, 0.6) is 0 Å². The predicted molar refractivity (Wildman–Crippen MR) is 166 cm³/mol. The van der Waals surface area contributed by atoms with Gasteiger partial charge >= 0.3 is 12.1 Å². The molecule has 2 aliphatic rings. The van der Waals surface area contributed by atoms with Crippen LogP contribution in [-0.2, 0) is 25.7 Å². The van der Waals surface area contributed by atoms with Gasteiger partial charge in [-0.1, -0.05) is 71.5 Å². The smallest absolute Gasteiger partial charge is 0.411 e. The third-order valence-corrected chi connectivity index (χ3v) is 9.66. The van der Waals surface area contributed by atoms with Crippen molar-refractivity contribution in [2.75, 3.05) is 24.2 Å². The van der Waals surface area contributed by atoms with Crippen LogP contribution in [0, 0.1) is 0 Å². The summed E-state index contributed by atoms with van der Waals surface area (Å²) in [5, 5.41) is 14.2. The lowest BCUT2D eigenvalue weighted by Gasteiger charge is -2.29. The predicted octanol–water partition coefficient (Wildman–Crippen LogP) is 3.90. The number of nitrogens with zero attached hydrogens (tertiary/aromatic N) is 2. The normalized spacial score (nSPS) is 16.7. The molecular weight excluding hydrogens is 608 g/mol. The molecule has 2 aromatic carbocycles. The number of aliphatic carboxylic acids is 1. The molecule has 0 saturated carbocycles. The molecule has 44 heavy (non-hydrogen) atoms. The fourth-order valence-corrected chi connectivity index (χ4v) is 6.87. The fourth-order valence-electron chi connectivity index (χ4n) is 4.79. The average Bonchev–Trinajstić information content (AvgIpc) is 3.23. The summed E-state index contributed by atoms with van der Waals surface area (Å²) in [6, 6.07) is 12.7. The standard InChI is InChI=1S/C30H32N4O8S2/c1-18-11-12-23(27(38)31-18)34-28(39)21-9-6-10-22(26(21)29(34)40)32-30(41)42-13-14-43-44-19(2)15-24(35)33(17-25(36)37)16-20-7-4-3-5-8-20/h3-10,19,23H,1,11-17H2,2H3,(H,31,38)(H,32,41)(H,36,37)/t19-,23?/m0/s1. The van der Waals surface area contributed by atoms with Crippen LogP contribution in [0.25, 0.3) is 0 Å². The number of fused-ring (bicyclic) bond motifs is 1. The summed E-state index contributed by atoms with van der Waals surface area (Å²) >= 11 is 0. The SMILES string of the molecule is C=C1CCC(N2C(=O)c3cccc(NC(=O)OCCSS[C@@H](C)CC(=O)N(CC(=O)O)Cc4ccccc4)c3C2=O)C(=O)N1. The molecular formula is C30H32N4O8S2. The molecule has 2 heterocycles. The van der Waals surface area contributed by atoms with Gasteiger partial charge in [0.2, 0.25) is 11.8 Å². The van der Waals surface area contributed by atoms with Crippen LogP contribution < -0.4 is 10.6 Å². The number of allylic oxidation sites excluding steroid dienone is 1. The van der Waals surface area contributed by atoms with E-state index in [4.69, 9.17) is 4.74 Å². The van der Waals surface area contributed by atoms with Crippen LogP contribution in [0.1, 0.15) is 52.5 Å². The minimum atomic E-state index is -1.09. The minimum Gasteiger partial charge on any atom is -0.480 e. The fraction of sp³-hybridized carbons (Fsp3) is 0.333. The van der Waals surface area contributed by atoms with Gasteiger partial charge < -0.3 is 20.1 Å². The first-order chi connectivity index (χ1) is 21.0. The highest BCUT2D eigenvalue weighted by molar-refractivity contribution is 8.76. The molecule has 0 radical (unpaired) electrons. The van der Waals surface area contributed by atoms with Crippen molar-refractivity contribution in [3.05, 3.63) is 77.5 Å². The van der Waals surface area contributed by atoms with Crippen LogP contribution in [0.2, 0.25) is 0 Å². The maximum absolute atomic E-state index is 13.2. The first-order valence-electron chi connectivity index (χ1n) is 13.8. The number of carboxylic acid groups (broad SMARTS) is 1. The number of imide groups is 1. The zero-order valence-corrected chi connectivity index (χ0v) is 25.6. The van der Waals surface area contributed by atoms with Crippen molar-refractivity contribution in [2.45, 2.75) is 44.0 Å². The summed E-state index contributed by atoms with van der Waals surface area (Å²) in [6.45, 7) is 5.41. The van der Waals surface area contributed by atoms with Crippen LogP contribution in [0.4, 0.5) is 10.5 Å². The molecule has 0 aromatic heterocycles. The summed E-state index contributed by atoms with van der Waals surface area (Å²) < 4.78 is 5.24. The molecule has 4 rings (SSSR count). The molecule has 2 aliphatic heterocycles. The number of amides is 5. The molecule has 0 spiro atoms. The van der Waals surface area contributed by atoms with Crippen molar-refractivity contribution in [3.8, 4) is 0 Å². The summed E-state index contributed by atoms with van der Waals surface area (Å²) in [4.78, 5) is 77.5. The van der Waals surface area contributed by atoms with Gasteiger partial charge in [0.15, 0.2) is 0 Å². The molecule has 2 atom stereocenters. The molecule has 1 fully saturated rings. The Kier molecular flexibility index (Phi) is 11.1. The van der Waals surface area contributed by atoms with Gasteiger partial charge in [-0.05, 0) is 30.5 Å². The molecule has 12 nitrogen and oxygen atoms in total. The highest BCUT2D eigenvalue weighted by Gasteiger charge is 2.45. The lowest BCUT2D eigenvalue weighted by atomic mass is 10.0. The van der Waals surface area contributed by atoms with Crippen LogP contribution in [0.3, 0.4) is 0 Å². The maximum Gasteiger partial charge on any atom is 0.411 e. The summed E-state index contributed by atoms with van der Waals surface area (Å²) in [5.41, 5.74) is 1.55. The number of carbonyl (C=O) groups excluding carboxylic acids is 5. The van der Waals surface area contributed by atoms with Gasteiger partial charge in [0.1, 0.15) is 19.2 Å². The second kappa shape index (κ2) is 14.9. The Morgan fingerprint density at radius 1 is 1.14 bits per heavy atom. The van der Waals surface area contributed by atoms with Crippen LogP contribution in [-0.4, -0.2) is 80.8 Å². The highest BCUT2D eigenvalue weighted by Crippen LogP contribution is 2.33. The zero-order chi connectivity index (χ0) is 31.8. The van der Waals surface area contributed by atoms with Gasteiger partial charge in [-0.2, -0.15) is 0 Å². The first kappa shape index (κ1) is 32.6. The summed E-state index contributed by atoms with van der Waals surface area (Å²) in [5.74, 6) is -2.72. The van der Waals surface area contributed by atoms with Gasteiger partial charge in [0, 0.05) is 29.7 Å². The molecule has 1 unspecified atom stereocenters. The maximum atomic E-state index is 13.2. The minimum absolute atomic E-state index is 0.000668. The molecule has 3 N–H and O–H groups in total. The Balaban J connectivity index is 1.22. The number of nitrogens with one attached hydrogen (secondary N) is 2. The number of hydrogen-bond acceptors (Lipinski definition) is 9. The number of benzene rings is 2. The first-order valence-corrected chi connectivity index (χ1v) is 16.2. The number of ether oxygens (including phenoxy) is 1. The van der Waals surface area contributed by atoms with Crippen molar-refractivity contribution < 1.29 is 38.6 Å². The van der Waals surface area contributed by atoms with Crippen molar-refractivity contribution in [1.29, 1.82) is 0 Å². The number of anilines is 1. The van der Waals surface area contributed by atoms with E-state index < -0.39 is 42.4 Å². The Morgan fingerprint density at radius 2 is 1.89 bits per heavy atom. The number of carbonyl (C=O) groups is 6. The molecule has 0 bridgehead atoms. The monoisotopic (exact) mass is 640 g/mol. The Labute approximate surface area is 261 Å². The molecule has 5 amide bonds. The molecule has 2 aromatic rings. The second-order valence-electron chi connectivity index (χ2n) is 10.2. The van der Waals surface area contributed by atoms with Gasteiger partial charge in [0.25, 0.3) is 11.8 Å².